The minimum absolute atomic E-state index is 0.510. The van der Waals surface area contributed by atoms with Gasteiger partial charge in [0.1, 0.15) is 6.61 Å². The number of rotatable bonds is 8. The van der Waals surface area contributed by atoms with E-state index in [1.54, 1.807) is 6.21 Å². The molecule has 0 aliphatic rings. The second-order valence-electron chi connectivity index (χ2n) is 6.09. The summed E-state index contributed by atoms with van der Waals surface area (Å²) in [5.74, 6) is 1.45. The average Bonchev–Trinajstić information content (AvgIpc) is 2.69. The molecule has 0 unspecified atom stereocenters. The first-order valence-electron chi connectivity index (χ1n) is 9.04. The van der Waals surface area contributed by atoms with Crippen LogP contribution < -0.4 is 14.9 Å². The number of ether oxygens (including phenoxy) is 2. The lowest BCUT2D eigenvalue weighted by atomic mass is 10.1. The smallest absolute Gasteiger partial charge is 0.161 e. The van der Waals surface area contributed by atoms with E-state index in [4.69, 9.17) is 9.47 Å². The van der Waals surface area contributed by atoms with Gasteiger partial charge in [-0.25, -0.2) is 0 Å². The van der Waals surface area contributed by atoms with Crippen LogP contribution >= 0.6 is 0 Å². The van der Waals surface area contributed by atoms with Crippen molar-refractivity contribution in [2.24, 2.45) is 5.10 Å². The molecular formula is C23H24N2O2. The topological polar surface area (TPSA) is 42.8 Å². The summed E-state index contributed by atoms with van der Waals surface area (Å²) in [5, 5.41) is 4.28. The first-order valence-corrected chi connectivity index (χ1v) is 9.04. The van der Waals surface area contributed by atoms with Crippen molar-refractivity contribution < 1.29 is 9.47 Å². The van der Waals surface area contributed by atoms with Gasteiger partial charge in [-0.2, -0.15) is 5.10 Å². The molecule has 0 aliphatic heterocycles. The van der Waals surface area contributed by atoms with Crippen LogP contribution in [0.25, 0.3) is 0 Å². The fraction of sp³-hybridized carbons (Fsp3) is 0.174. The Morgan fingerprint density at radius 3 is 2.44 bits per heavy atom. The number of nitrogens with one attached hydrogen (secondary N) is 1. The van der Waals surface area contributed by atoms with E-state index in [0.717, 1.165) is 28.3 Å². The van der Waals surface area contributed by atoms with Gasteiger partial charge < -0.3 is 9.47 Å². The van der Waals surface area contributed by atoms with Gasteiger partial charge in [-0.1, -0.05) is 42.5 Å². The van der Waals surface area contributed by atoms with Gasteiger partial charge >= 0.3 is 0 Å². The van der Waals surface area contributed by atoms with E-state index in [2.05, 4.69) is 29.6 Å². The van der Waals surface area contributed by atoms with Crippen molar-refractivity contribution in [1.29, 1.82) is 0 Å². The van der Waals surface area contributed by atoms with Crippen LogP contribution in [-0.4, -0.2) is 12.8 Å². The van der Waals surface area contributed by atoms with Crippen LogP contribution in [0.1, 0.15) is 23.6 Å². The largest absolute Gasteiger partial charge is 0.490 e. The van der Waals surface area contributed by atoms with Crippen molar-refractivity contribution >= 4 is 11.9 Å². The van der Waals surface area contributed by atoms with Crippen LogP contribution in [0.2, 0.25) is 0 Å². The molecule has 1 N–H and O–H groups in total. The van der Waals surface area contributed by atoms with Crippen molar-refractivity contribution in [1.82, 2.24) is 0 Å². The van der Waals surface area contributed by atoms with Crippen molar-refractivity contribution in [3.8, 4) is 11.5 Å². The summed E-state index contributed by atoms with van der Waals surface area (Å²) in [6, 6.07) is 23.9. The molecule has 0 heterocycles. The average molecular weight is 360 g/mol. The lowest BCUT2D eigenvalue weighted by molar-refractivity contribution is 0.269. The third kappa shape index (κ3) is 5.35. The quantitative estimate of drug-likeness (QED) is 0.431. The van der Waals surface area contributed by atoms with E-state index < -0.39 is 0 Å². The van der Waals surface area contributed by atoms with Gasteiger partial charge in [-0.15, -0.1) is 0 Å². The first kappa shape index (κ1) is 18.5. The van der Waals surface area contributed by atoms with Crippen molar-refractivity contribution in [2.75, 3.05) is 12.0 Å². The van der Waals surface area contributed by atoms with Gasteiger partial charge in [0, 0.05) is 0 Å². The molecule has 3 rings (SSSR count). The van der Waals surface area contributed by atoms with Crippen LogP contribution in [-0.2, 0) is 6.61 Å². The van der Waals surface area contributed by atoms with Crippen LogP contribution in [0, 0.1) is 6.92 Å². The lowest BCUT2D eigenvalue weighted by Gasteiger charge is -2.13. The second-order valence-corrected chi connectivity index (χ2v) is 6.09. The summed E-state index contributed by atoms with van der Waals surface area (Å²) in [6.07, 6.45) is 1.76. The standard InChI is InChI=1S/C23H24N2O2/c1-3-26-23-15-19(16-24-25-21-11-5-4-6-12-21)13-14-22(23)27-17-20-10-8-7-9-18(20)2/h4-16,25H,3,17H2,1-2H3. The van der Waals surface area contributed by atoms with Gasteiger partial charge in [0.15, 0.2) is 11.5 Å². The number of hydrazone groups is 1. The Hall–Kier alpha value is -3.27. The summed E-state index contributed by atoms with van der Waals surface area (Å²) in [7, 11) is 0. The summed E-state index contributed by atoms with van der Waals surface area (Å²) in [6.45, 7) is 5.13. The molecule has 0 aliphatic carbocycles. The molecule has 0 atom stereocenters. The number of nitrogens with zero attached hydrogens (tertiary/aromatic N) is 1. The molecule has 0 bridgehead atoms. The highest BCUT2D eigenvalue weighted by molar-refractivity contribution is 5.81. The van der Waals surface area contributed by atoms with Gasteiger partial charge in [0.2, 0.25) is 0 Å². The molecule has 4 heteroatoms. The van der Waals surface area contributed by atoms with E-state index in [0.29, 0.717) is 13.2 Å². The Morgan fingerprint density at radius 2 is 1.67 bits per heavy atom. The summed E-state index contributed by atoms with van der Waals surface area (Å²) < 4.78 is 11.8. The molecule has 0 spiro atoms. The molecule has 0 fully saturated rings. The van der Waals surface area contributed by atoms with Gasteiger partial charge in [0.05, 0.1) is 18.5 Å². The Morgan fingerprint density at radius 1 is 0.889 bits per heavy atom. The third-order valence-electron chi connectivity index (χ3n) is 4.09. The van der Waals surface area contributed by atoms with Crippen LogP contribution in [0.3, 0.4) is 0 Å². The third-order valence-corrected chi connectivity index (χ3v) is 4.09. The van der Waals surface area contributed by atoms with Crippen LogP contribution in [0.4, 0.5) is 5.69 Å². The summed E-state index contributed by atoms with van der Waals surface area (Å²) in [5.41, 5.74) is 7.26. The molecule has 0 aromatic heterocycles. The van der Waals surface area contributed by atoms with Crippen molar-refractivity contribution in [3.63, 3.8) is 0 Å². The highest BCUT2D eigenvalue weighted by atomic mass is 16.5. The van der Waals surface area contributed by atoms with E-state index in [1.807, 2.05) is 67.6 Å². The van der Waals surface area contributed by atoms with Gasteiger partial charge in [-0.3, -0.25) is 5.43 Å². The zero-order valence-corrected chi connectivity index (χ0v) is 15.7. The lowest BCUT2D eigenvalue weighted by Crippen LogP contribution is -2.01. The molecule has 138 valence electrons. The zero-order valence-electron chi connectivity index (χ0n) is 15.7. The minimum Gasteiger partial charge on any atom is -0.490 e. The van der Waals surface area contributed by atoms with E-state index in [-0.39, 0.29) is 0 Å². The normalized spacial score (nSPS) is 10.7. The molecule has 0 saturated carbocycles. The highest BCUT2D eigenvalue weighted by Crippen LogP contribution is 2.29. The van der Waals surface area contributed by atoms with Crippen molar-refractivity contribution in [2.45, 2.75) is 20.5 Å². The molecular weight excluding hydrogens is 336 g/mol. The summed E-state index contributed by atoms with van der Waals surface area (Å²) in [4.78, 5) is 0. The molecule has 0 saturated heterocycles. The molecule has 3 aromatic rings. The van der Waals surface area contributed by atoms with Crippen molar-refractivity contribution in [3.05, 3.63) is 89.5 Å². The Kier molecular flexibility index (Phi) is 6.47. The number of para-hydroxylation sites is 1. The number of anilines is 1. The monoisotopic (exact) mass is 360 g/mol. The number of benzene rings is 3. The Labute approximate surface area is 160 Å². The van der Waals surface area contributed by atoms with E-state index in [1.165, 1.54) is 5.56 Å². The maximum absolute atomic E-state index is 6.00. The molecule has 4 nitrogen and oxygen atoms in total. The number of hydrogen-bond acceptors (Lipinski definition) is 4. The Balaban J connectivity index is 1.69. The van der Waals surface area contributed by atoms with E-state index >= 15 is 0 Å². The number of aryl methyl sites for hydroxylation is 1. The molecule has 0 radical (unpaired) electrons. The molecule has 27 heavy (non-hydrogen) atoms. The fourth-order valence-electron chi connectivity index (χ4n) is 2.61. The van der Waals surface area contributed by atoms with Gasteiger partial charge in [0.25, 0.3) is 0 Å². The minimum atomic E-state index is 0.510. The second kappa shape index (κ2) is 9.43. The van der Waals surface area contributed by atoms with Gasteiger partial charge in [-0.05, 0) is 60.9 Å². The van der Waals surface area contributed by atoms with E-state index in [9.17, 15) is 0 Å². The number of hydrogen-bond donors (Lipinski definition) is 1. The summed E-state index contributed by atoms with van der Waals surface area (Å²) >= 11 is 0. The molecule has 0 amide bonds. The maximum Gasteiger partial charge on any atom is 0.161 e. The SMILES string of the molecule is CCOc1cc(C=NNc2ccccc2)ccc1OCc1ccccc1C. The van der Waals surface area contributed by atoms with Crippen LogP contribution in [0.5, 0.6) is 11.5 Å². The molecule has 3 aromatic carbocycles. The first-order chi connectivity index (χ1) is 13.3. The highest BCUT2D eigenvalue weighted by Gasteiger charge is 2.07. The Bertz CT molecular complexity index is 892. The fourth-order valence-corrected chi connectivity index (χ4v) is 2.61. The predicted molar refractivity (Wildman–Crippen MR) is 111 cm³/mol. The zero-order chi connectivity index (χ0) is 18.9. The van der Waals surface area contributed by atoms with Crippen LogP contribution in [0.15, 0.2) is 77.9 Å². The predicted octanol–water partition coefficient (Wildman–Crippen LogP) is 5.42. The maximum atomic E-state index is 6.00.